The average molecular weight is 485 g/mol. The van der Waals surface area contributed by atoms with Crippen molar-refractivity contribution in [1.29, 1.82) is 5.26 Å². The zero-order chi connectivity index (χ0) is 25.7. The van der Waals surface area contributed by atoms with Gasteiger partial charge < -0.3 is 19.9 Å². The van der Waals surface area contributed by atoms with Gasteiger partial charge >= 0.3 is 5.97 Å². The Morgan fingerprint density at radius 2 is 1.94 bits per heavy atom. The fraction of sp³-hybridized carbons (Fsp3) is 0.185. The van der Waals surface area contributed by atoms with Gasteiger partial charge in [-0.2, -0.15) is 5.26 Å². The lowest BCUT2D eigenvalue weighted by atomic mass is 9.83. The van der Waals surface area contributed by atoms with Gasteiger partial charge in [-0.3, -0.25) is 10.1 Å². The molecule has 0 saturated heterocycles. The maximum Gasteiger partial charge on any atom is 0.343 e. The van der Waals surface area contributed by atoms with Crippen molar-refractivity contribution < 1.29 is 23.9 Å². The van der Waals surface area contributed by atoms with Crippen molar-refractivity contribution in [2.24, 2.45) is 5.73 Å². The van der Waals surface area contributed by atoms with E-state index in [2.05, 4.69) is 13.0 Å². The monoisotopic (exact) mass is 485 g/mol. The average Bonchev–Trinajstić information content (AvgIpc) is 2.88. The number of para-hydroxylation sites is 1. The summed E-state index contributed by atoms with van der Waals surface area (Å²) in [6.07, 6.45) is 1.87. The SMILES string of the molecule is CCCCOc1ccccc1C1C(C#N)=C(N)Oc2cc(OC(=O)c3cccc([N+](=O)[O-])c3)ccc21. The van der Waals surface area contributed by atoms with E-state index in [1.807, 2.05) is 24.3 Å². The van der Waals surface area contributed by atoms with Gasteiger partial charge in [0.15, 0.2) is 0 Å². The lowest BCUT2D eigenvalue weighted by molar-refractivity contribution is -0.384. The molecule has 1 atom stereocenters. The number of ether oxygens (including phenoxy) is 3. The molecule has 4 rings (SSSR count). The van der Waals surface area contributed by atoms with Crippen molar-refractivity contribution >= 4 is 11.7 Å². The van der Waals surface area contributed by atoms with Crippen LogP contribution >= 0.6 is 0 Å². The number of unbranched alkanes of at least 4 members (excludes halogenated alkanes) is 1. The Balaban J connectivity index is 1.67. The van der Waals surface area contributed by atoms with E-state index in [1.54, 1.807) is 12.1 Å². The van der Waals surface area contributed by atoms with Gasteiger partial charge in [-0.15, -0.1) is 0 Å². The molecule has 182 valence electrons. The number of nitrogens with two attached hydrogens (primary N) is 1. The van der Waals surface area contributed by atoms with E-state index in [1.165, 1.54) is 24.3 Å². The molecule has 0 aliphatic carbocycles. The van der Waals surface area contributed by atoms with E-state index in [4.69, 9.17) is 19.9 Å². The highest BCUT2D eigenvalue weighted by Crippen LogP contribution is 2.46. The van der Waals surface area contributed by atoms with Gasteiger partial charge in [0.1, 0.15) is 28.9 Å². The van der Waals surface area contributed by atoms with Crippen LogP contribution in [0.2, 0.25) is 0 Å². The molecule has 9 heteroatoms. The number of nitrogens with zero attached hydrogens (tertiary/aromatic N) is 2. The van der Waals surface area contributed by atoms with Crippen molar-refractivity contribution in [3.8, 4) is 23.3 Å². The Bertz CT molecular complexity index is 1390. The highest BCUT2D eigenvalue weighted by atomic mass is 16.6. The molecule has 3 aromatic rings. The number of esters is 1. The number of nitriles is 1. The molecule has 3 aromatic carbocycles. The summed E-state index contributed by atoms with van der Waals surface area (Å²) in [5.41, 5.74) is 7.59. The summed E-state index contributed by atoms with van der Waals surface area (Å²) in [5, 5.41) is 20.9. The van der Waals surface area contributed by atoms with E-state index >= 15 is 0 Å². The minimum absolute atomic E-state index is 0.0325. The van der Waals surface area contributed by atoms with Crippen molar-refractivity contribution in [2.45, 2.75) is 25.7 Å². The number of hydrogen-bond donors (Lipinski definition) is 1. The lowest BCUT2D eigenvalue weighted by Gasteiger charge is -2.28. The number of rotatable bonds is 8. The normalized spacial score (nSPS) is 14.3. The summed E-state index contributed by atoms with van der Waals surface area (Å²) in [7, 11) is 0. The predicted molar refractivity (Wildman–Crippen MR) is 131 cm³/mol. The second kappa shape index (κ2) is 10.6. The first kappa shape index (κ1) is 24.3. The van der Waals surface area contributed by atoms with Crippen LogP contribution in [0.3, 0.4) is 0 Å². The Kier molecular flexibility index (Phi) is 7.16. The topological polar surface area (TPSA) is 138 Å². The zero-order valence-corrected chi connectivity index (χ0v) is 19.5. The number of nitro benzene ring substituents is 1. The van der Waals surface area contributed by atoms with E-state index in [0.717, 1.165) is 24.5 Å². The van der Waals surface area contributed by atoms with Crippen LogP contribution in [0.25, 0.3) is 0 Å². The van der Waals surface area contributed by atoms with Crippen LogP contribution < -0.4 is 19.9 Å². The summed E-state index contributed by atoms with van der Waals surface area (Å²) >= 11 is 0. The van der Waals surface area contributed by atoms with Crippen LogP contribution in [0.15, 0.2) is 78.2 Å². The molecule has 1 aliphatic heterocycles. The number of carbonyl (C=O) groups is 1. The Labute approximate surface area is 207 Å². The van der Waals surface area contributed by atoms with Crippen LogP contribution in [0.5, 0.6) is 17.2 Å². The quantitative estimate of drug-likeness (QED) is 0.151. The number of benzene rings is 3. The standard InChI is InChI=1S/C27H23N3O6/c1-2-3-13-34-23-10-5-4-9-20(23)25-21-12-11-19(15-24(21)36-26(29)22(25)16-28)35-27(31)17-7-6-8-18(14-17)30(32)33/h4-12,14-15,25H,2-3,13,29H2,1H3. The minimum Gasteiger partial charge on any atom is -0.493 e. The van der Waals surface area contributed by atoms with Crippen molar-refractivity contribution in [1.82, 2.24) is 0 Å². The van der Waals surface area contributed by atoms with Crippen LogP contribution in [-0.4, -0.2) is 17.5 Å². The summed E-state index contributed by atoms with van der Waals surface area (Å²) in [5.74, 6) is -0.236. The van der Waals surface area contributed by atoms with Gasteiger partial charge in [0.25, 0.3) is 5.69 Å². The highest BCUT2D eigenvalue weighted by Gasteiger charge is 2.33. The highest BCUT2D eigenvalue weighted by molar-refractivity contribution is 5.91. The van der Waals surface area contributed by atoms with Crippen molar-refractivity contribution in [3.05, 3.63) is 105 Å². The molecule has 1 heterocycles. The first-order chi connectivity index (χ1) is 17.4. The van der Waals surface area contributed by atoms with Crippen LogP contribution in [-0.2, 0) is 0 Å². The fourth-order valence-electron chi connectivity index (χ4n) is 3.91. The van der Waals surface area contributed by atoms with Crippen LogP contribution in [0.4, 0.5) is 5.69 Å². The molecule has 0 radical (unpaired) electrons. The summed E-state index contributed by atoms with van der Waals surface area (Å²) < 4.78 is 17.1. The van der Waals surface area contributed by atoms with Gasteiger partial charge in [0, 0.05) is 29.3 Å². The Morgan fingerprint density at radius 3 is 2.69 bits per heavy atom. The van der Waals surface area contributed by atoms with Crippen LogP contribution in [0, 0.1) is 21.4 Å². The molecule has 0 spiro atoms. The molecule has 1 aliphatic rings. The molecule has 36 heavy (non-hydrogen) atoms. The third-order valence-corrected chi connectivity index (χ3v) is 5.68. The fourth-order valence-corrected chi connectivity index (χ4v) is 3.91. The van der Waals surface area contributed by atoms with Crippen LogP contribution in [0.1, 0.15) is 47.2 Å². The maximum absolute atomic E-state index is 12.6. The number of allylic oxidation sites excluding steroid dienone is 1. The molecule has 0 bridgehead atoms. The third kappa shape index (κ3) is 4.98. The molecule has 1 unspecified atom stereocenters. The zero-order valence-electron chi connectivity index (χ0n) is 19.5. The smallest absolute Gasteiger partial charge is 0.343 e. The van der Waals surface area contributed by atoms with Gasteiger partial charge in [-0.25, -0.2) is 4.79 Å². The van der Waals surface area contributed by atoms with E-state index in [-0.39, 0.29) is 28.5 Å². The minimum atomic E-state index is -0.762. The first-order valence-corrected chi connectivity index (χ1v) is 11.3. The number of carbonyl (C=O) groups excluding carboxylic acids is 1. The largest absolute Gasteiger partial charge is 0.493 e. The van der Waals surface area contributed by atoms with Gasteiger partial charge in [0.2, 0.25) is 5.88 Å². The first-order valence-electron chi connectivity index (χ1n) is 11.3. The van der Waals surface area contributed by atoms with E-state index in [0.29, 0.717) is 23.7 Å². The molecule has 0 fully saturated rings. The molecule has 0 saturated carbocycles. The number of non-ortho nitro benzene ring substituents is 1. The number of hydrogen-bond acceptors (Lipinski definition) is 8. The summed E-state index contributed by atoms with van der Waals surface area (Å²) in [6, 6.07) is 19.6. The molecular formula is C27H23N3O6. The second-order valence-electron chi connectivity index (χ2n) is 8.06. The molecule has 9 nitrogen and oxygen atoms in total. The third-order valence-electron chi connectivity index (χ3n) is 5.68. The lowest BCUT2D eigenvalue weighted by Crippen LogP contribution is -2.21. The van der Waals surface area contributed by atoms with Crippen molar-refractivity contribution in [3.63, 3.8) is 0 Å². The van der Waals surface area contributed by atoms with E-state index < -0.39 is 16.8 Å². The summed E-state index contributed by atoms with van der Waals surface area (Å²) in [4.78, 5) is 23.0. The molecule has 0 aromatic heterocycles. The van der Waals surface area contributed by atoms with Gasteiger partial charge in [0.05, 0.1) is 23.0 Å². The predicted octanol–water partition coefficient (Wildman–Crippen LogP) is 5.21. The molecule has 0 amide bonds. The Morgan fingerprint density at radius 1 is 1.14 bits per heavy atom. The van der Waals surface area contributed by atoms with Gasteiger partial charge in [-0.05, 0) is 24.6 Å². The van der Waals surface area contributed by atoms with Crippen molar-refractivity contribution in [2.75, 3.05) is 6.61 Å². The Hall–Kier alpha value is -4.84. The number of fused-ring (bicyclic) bond motifs is 1. The summed E-state index contributed by atoms with van der Waals surface area (Å²) in [6.45, 7) is 2.61. The molecular weight excluding hydrogens is 462 g/mol. The van der Waals surface area contributed by atoms with E-state index in [9.17, 15) is 20.2 Å². The number of nitro groups is 1. The molecule has 2 N–H and O–H groups in total. The maximum atomic E-state index is 12.6. The second-order valence-corrected chi connectivity index (χ2v) is 8.06. The van der Waals surface area contributed by atoms with Gasteiger partial charge in [-0.1, -0.05) is 43.7 Å².